The lowest BCUT2D eigenvalue weighted by atomic mass is 9.88. The maximum absolute atomic E-state index is 12.2. The van der Waals surface area contributed by atoms with Crippen molar-refractivity contribution in [3.05, 3.63) is 18.2 Å². The summed E-state index contributed by atoms with van der Waals surface area (Å²) in [6.07, 6.45) is 4.19. The van der Waals surface area contributed by atoms with Gasteiger partial charge in [0.25, 0.3) is 0 Å². The van der Waals surface area contributed by atoms with E-state index in [1.165, 1.54) is 0 Å². The SMILES string of the molecule is COc1cc(NC(=O)C2(C)CCCC2)ccc1N. The van der Waals surface area contributed by atoms with E-state index in [2.05, 4.69) is 5.32 Å². The number of hydrogen-bond donors (Lipinski definition) is 2. The Labute approximate surface area is 108 Å². The Hall–Kier alpha value is -1.71. The normalized spacial score (nSPS) is 17.4. The molecule has 1 fully saturated rings. The fourth-order valence-electron chi connectivity index (χ4n) is 2.45. The third-order valence-electron chi connectivity index (χ3n) is 3.75. The molecule has 0 saturated heterocycles. The van der Waals surface area contributed by atoms with Crippen LogP contribution in [0.4, 0.5) is 11.4 Å². The van der Waals surface area contributed by atoms with Crippen LogP contribution >= 0.6 is 0 Å². The number of rotatable bonds is 3. The summed E-state index contributed by atoms with van der Waals surface area (Å²) in [6.45, 7) is 2.03. The molecular weight excluding hydrogens is 228 g/mol. The van der Waals surface area contributed by atoms with Crippen molar-refractivity contribution in [2.45, 2.75) is 32.6 Å². The minimum Gasteiger partial charge on any atom is -0.495 e. The average molecular weight is 248 g/mol. The molecule has 4 nitrogen and oxygen atoms in total. The molecule has 0 bridgehead atoms. The molecule has 0 unspecified atom stereocenters. The minimum absolute atomic E-state index is 0.0897. The molecule has 0 aromatic heterocycles. The van der Waals surface area contributed by atoms with Gasteiger partial charge >= 0.3 is 0 Å². The van der Waals surface area contributed by atoms with Crippen LogP contribution in [-0.2, 0) is 4.79 Å². The second-order valence-corrected chi connectivity index (χ2v) is 5.18. The predicted octanol–water partition coefficient (Wildman–Crippen LogP) is 2.80. The van der Waals surface area contributed by atoms with Gasteiger partial charge in [-0.1, -0.05) is 19.8 Å². The third kappa shape index (κ3) is 2.42. The maximum atomic E-state index is 12.2. The van der Waals surface area contributed by atoms with Gasteiger partial charge in [0, 0.05) is 17.2 Å². The van der Waals surface area contributed by atoms with Gasteiger partial charge in [-0.3, -0.25) is 4.79 Å². The van der Waals surface area contributed by atoms with E-state index >= 15 is 0 Å². The Morgan fingerprint density at radius 1 is 1.39 bits per heavy atom. The standard InChI is InChI=1S/C14H20N2O2/c1-14(7-3-4-8-14)13(17)16-10-5-6-11(15)12(9-10)18-2/h5-6,9H,3-4,7-8,15H2,1-2H3,(H,16,17). The van der Waals surface area contributed by atoms with E-state index in [4.69, 9.17) is 10.5 Å². The van der Waals surface area contributed by atoms with Gasteiger partial charge in [-0.2, -0.15) is 0 Å². The largest absolute Gasteiger partial charge is 0.495 e. The van der Waals surface area contributed by atoms with Crippen molar-refractivity contribution in [2.24, 2.45) is 5.41 Å². The molecule has 18 heavy (non-hydrogen) atoms. The fraction of sp³-hybridized carbons (Fsp3) is 0.500. The summed E-state index contributed by atoms with van der Waals surface area (Å²) in [5.41, 5.74) is 6.82. The molecule has 0 radical (unpaired) electrons. The van der Waals surface area contributed by atoms with Crippen LogP contribution in [-0.4, -0.2) is 13.0 Å². The zero-order valence-corrected chi connectivity index (χ0v) is 11.0. The van der Waals surface area contributed by atoms with E-state index in [1.54, 1.807) is 25.3 Å². The smallest absolute Gasteiger partial charge is 0.230 e. The number of anilines is 2. The minimum atomic E-state index is -0.228. The number of ether oxygens (including phenoxy) is 1. The second-order valence-electron chi connectivity index (χ2n) is 5.18. The highest BCUT2D eigenvalue weighted by Crippen LogP contribution is 2.38. The first-order valence-corrected chi connectivity index (χ1v) is 6.30. The quantitative estimate of drug-likeness (QED) is 0.808. The highest BCUT2D eigenvalue weighted by Gasteiger charge is 2.36. The first-order chi connectivity index (χ1) is 8.55. The van der Waals surface area contributed by atoms with Crippen LogP contribution in [0.1, 0.15) is 32.6 Å². The first kappa shape index (κ1) is 12.7. The second kappa shape index (κ2) is 4.88. The van der Waals surface area contributed by atoms with Crippen LogP contribution in [0.25, 0.3) is 0 Å². The van der Waals surface area contributed by atoms with Crippen LogP contribution in [0.2, 0.25) is 0 Å². The molecule has 98 valence electrons. The van der Waals surface area contributed by atoms with E-state index < -0.39 is 0 Å². The molecule has 2 rings (SSSR count). The molecule has 0 aliphatic heterocycles. The van der Waals surface area contributed by atoms with Gasteiger partial charge < -0.3 is 15.8 Å². The maximum Gasteiger partial charge on any atom is 0.230 e. The molecule has 0 spiro atoms. The molecule has 1 aliphatic rings. The lowest BCUT2D eigenvalue weighted by Gasteiger charge is -2.22. The molecule has 1 aromatic rings. The molecule has 1 saturated carbocycles. The molecule has 3 N–H and O–H groups in total. The van der Waals surface area contributed by atoms with Crippen LogP contribution < -0.4 is 15.8 Å². The number of hydrogen-bond acceptors (Lipinski definition) is 3. The predicted molar refractivity (Wildman–Crippen MR) is 72.6 cm³/mol. The van der Waals surface area contributed by atoms with Crippen molar-refractivity contribution in [1.29, 1.82) is 0 Å². The summed E-state index contributed by atoms with van der Waals surface area (Å²) < 4.78 is 5.14. The highest BCUT2D eigenvalue weighted by atomic mass is 16.5. The zero-order chi connectivity index (χ0) is 13.2. The van der Waals surface area contributed by atoms with Crippen molar-refractivity contribution in [3.8, 4) is 5.75 Å². The Bertz CT molecular complexity index is 451. The lowest BCUT2D eigenvalue weighted by Crippen LogP contribution is -2.30. The van der Waals surface area contributed by atoms with Crippen molar-refractivity contribution >= 4 is 17.3 Å². The van der Waals surface area contributed by atoms with Gasteiger partial charge in [-0.05, 0) is 25.0 Å². The van der Waals surface area contributed by atoms with Gasteiger partial charge in [0.15, 0.2) is 0 Å². The van der Waals surface area contributed by atoms with Gasteiger partial charge in [-0.25, -0.2) is 0 Å². The third-order valence-corrected chi connectivity index (χ3v) is 3.75. The van der Waals surface area contributed by atoms with Gasteiger partial charge in [0.05, 0.1) is 12.8 Å². The summed E-state index contributed by atoms with van der Waals surface area (Å²) in [5, 5.41) is 2.95. The summed E-state index contributed by atoms with van der Waals surface area (Å²) in [7, 11) is 1.57. The van der Waals surface area contributed by atoms with E-state index in [-0.39, 0.29) is 11.3 Å². The van der Waals surface area contributed by atoms with Crippen molar-refractivity contribution in [1.82, 2.24) is 0 Å². The van der Waals surface area contributed by atoms with Crippen molar-refractivity contribution in [3.63, 3.8) is 0 Å². The monoisotopic (exact) mass is 248 g/mol. The first-order valence-electron chi connectivity index (χ1n) is 6.30. The molecule has 1 aliphatic carbocycles. The number of carbonyl (C=O) groups excluding carboxylic acids is 1. The van der Waals surface area contributed by atoms with E-state index in [9.17, 15) is 4.79 Å². The van der Waals surface area contributed by atoms with E-state index in [0.717, 1.165) is 31.4 Å². The Balaban J connectivity index is 2.11. The van der Waals surface area contributed by atoms with Gasteiger partial charge in [0.2, 0.25) is 5.91 Å². The Kier molecular flexibility index (Phi) is 3.45. The Morgan fingerprint density at radius 3 is 2.67 bits per heavy atom. The summed E-state index contributed by atoms with van der Waals surface area (Å²) >= 11 is 0. The number of nitrogens with two attached hydrogens (primary N) is 1. The fourth-order valence-corrected chi connectivity index (χ4v) is 2.45. The van der Waals surface area contributed by atoms with Crippen molar-refractivity contribution in [2.75, 3.05) is 18.2 Å². The highest BCUT2D eigenvalue weighted by molar-refractivity contribution is 5.95. The number of benzene rings is 1. The summed E-state index contributed by atoms with van der Waals surface area (Å²) in [5.74, 6) is 0.677. The number of amides is 1. The van der Waals surface area contributed by atoms with Crippen LogP contribution in [0.15, 0.2) is 18.2 Å². The van der Waals surface area contributed by atoms with Gasteiger partial charge in [-0.15, -0.1) is 0 Å². The Morgan fingerprint density at radius 2 is 2.06 bits per heavy atom. The molecule has 1 aromatic carbocycles. The van der Waals surface area contributed by atoms with Gasteiger partial charge in [0.1, 0.15) is 5.75 Å². The molecule has 1 amide bonds. The topological polar surface area (TPSA) is 64.3 Å². The summed E-state index contributed by atoms with van der Waals surface area (Å²) in [4.78, 5) is 12.2. The van der Waals surface area contributed by atoms with Crippen molar-refractivity contribution < 1.29 is 9.53 Å². The van der Waals surface area contributed by atoms with Crippen LogP contribution in [0, 0.1) is 5.41 Å². The van der Waals surface area contributed by atoms with E-state index in [0.29, 0.717) is 11.4 Å². The summed E-state index contributed by atoms with van der Waals surface area (Å²) in [6, 6.07) is 5.30. The number of nitrogens with one attached hydrogen (secondary N) is 1. The molecule has 0 heterocycles. The number of carbonyl (C=O) groups is 1. The van der Waals surface area contributed by atoms with Crippen LogP contribution in [0.3, 0.4) is 0 Å². The average Bonchev–Trinajstić information content (AvgIpc) is 2.80. The number of nitrogen functional groups attached to an aromatic ring is 1. The lowest BCUT2D eigenvalue weighted by molar-refractivity contribution is -0.124. The van der Waals surface area contributed by atoms with Crippen LogP contribution in [0.5, 0.6) is 5.75 Å². The number of methoxy groups -OCH3 is 1. The molecular formula is C14H20N2O2. The van der Waals surface area contributed by atoms with E-state index in [1.807, 2.05) is 6.92 Å². The zero-order valence-electron chi connectivity index (χ0n) is 11.0. The molecule has 0 atom stereocenters. The molecule has 4 heteroatoms.